The molecule has 0 aromatic carbocycles. The predicted molar refractivity (Wildman–Crippen MR) is 86.5 cm³/mol. The van der Waals surface area contributed by atoms with Crippen molar-refractivity contribution in [1.29, 1.82) is 0 Å². The van der Waals surface area contributed by atoms with Gasteiger partial charge in [0.15, 0.2) is 5.78 Å². The number of hydrogen-bond acceptors (Lipinski definition) is 7. The first-order valence-corrected chi connectivity index (χ1v) is 7.57. The Bertz CT molecular complexity index is 526. The number of thiophene rings is 1. The molecule has 0 saturated carbocycles. The number of carbonyl (C=O) groups is 2. The van der Waals surface area contributed by atoms with E-state index in [0.717, 1.165) is 13.1 Å². The van der Waals surface area contributed by atoms with Crippen molar-refractivity contribution in [3.8, 4) is 0 Å². The second kappa shape index (κ2) is 7.42. The van der Waals surface area contributed by atoms with Crippen LogP contribution in [0.2, 0.25) is 0 Å². The third-order valence-corrected chi connectivity index (χ3v) is 4.38. The van der Waals surface area contributed by atoms with Crippen molar-refractivity contribution in [1.82, 2.24) is 4.90 Å². The number of anilines is 2. The summed E-state index contributed by atoms with van der Waals surface area (Å²) in [5, 5.41) is 0.679. The van der Waals surface area contributed by atoms with Gasteiger partial charge in [-0.05, 0) is 21.0 Å². The Labute approximate surface area is 129 Å². The Morgan fingerprint density at radius 1 is 1.24 bits per heavy atom. The highest BCUT2D eigenvalue weighted by molar-refractivity contribution is 7.19. The number of hydrogen-bond donors (Lipinski definition) is 1. The average molecular weight is 313 g/mol. The summed E-state index contributed by atoms with van der Waals surface area (Å²) in [7, 11) is 5.83. The van der Waals surface area contributed by atoms with Gasteiger partial charge in [0, 0.05) is 27.1 Å². The molecule has 2 N–H and O–H groups in total. The van der Waals surface area contributed by atoms with E-state index in [-0.39, 0.29) is 18.1 Å². The molecule has 118 valence electrons. The third-order valence-electron chi connectivity index (χ3n) is 2.96. The fraction of sp³-hybridized carbons (Fsp3) is 0.571. The number of nitrogens with two attached hydrogens (primary N) is 1. The van der Waals surface area contributed by atoms with Gasteiger partial charge in [-0.15, -0.1) is 11.3 Å². The largest absolute Gasteiger partial charge is 0.462 e. The van der Waals surface area contributed by atoms with E-state index in [9.17, 15) is 9.59 Å². The number of likely N-dealkylation sites (N-methyl/N-ethyl adjacent to an activating group) is 2. The van der Waals surface area contributed by atoms with E-state index in [4.69, 9.17) is 10.5 Å². The lowest BCUT2D eigenvalue weighted by molar-refractivity contribution is 0.0529. The summed E-state index contributed by atoms with van der Waals surface area (Å²) < 4.78 is 5.06. The molecule has 0 saturated heterocycles. The molecule has 0 bridgehead atoms. The normalized spacial score (nSPS) is 10.8. The van der Waals surface area contributed by atoms with Crippen LogP contribution in [-0.2, 0) is 4.74 Å². The lowest BCUT2D eigenvalue weighted by atomic mass is 10.2. The van der Waals surface area contributed by atoms with Crippen LogP contribution in [0.1, 0.15) is 33.9 Å². The van der Waals surface area contributed by atoms with Crippen LogP contribution in [0.5, 0.6) is 0 Å². The molecule has 1 rings (SSSR count). The quantitative estimate of drug-likeness (QED) is 0.610. The number of carbonyl (C=O) groups excluding carboxylic acids is 2. The van der Waals surface area contributed by atoms with Gasteiger partial charge in [0.25, 0.3) is 0 Å². The minimum Gasteiger partial charge on any atom is -0.462 e. The maximum atomic E-state index is 12.1. The zero-order chi connectivity index (χ0) is 16.2. The van der Waals surface area contributed by atoms with Crippen LogP contribution in [0, 0.1) is 0 Å². The Balaban J connectivity index is 3.19. The van der Waals surface area contributed by atoms with E-state index < -0.39 is 5.97 Å². The molecule has 0 amide bonds. The molecule has 0 aliphatic rings. The van der Waals surface area contributed by atoms with Crippen molar-refractivity contribution < 1.29 is 14.3 Å². The van der Waals surface area contributed by atoms with Crippen molar-refractivity contribution >= 4 is 33.8 Å². The van der Waals surface area contributed by atoms with E-state index in [1.54, 1.807) is 6.92 Å². The number of esters is 1. The minimum absolute atomic E-state index is 0.143. The van der Waals surface area contributed by atoms with E-state index in [0.29, 0.717) is 15.4 Å². The summed E-state index contributed by atoms with van der Waals surface area (Å²) in [6.45, 7) is 5.00. The van der Waals surface area contributed by atoms with Gasteiger partial charge in [-0.3, -0.25) is 4.79 Å². The molecule has 0 unspecified atom stereocenters. The molecule has 7 heteroatoms. The topological polar surface area (TPSA) is 75.9 Å². The molecule has 0 aliphatic heterocycles. The SMILES string of the molecule is CCOC(=O)c1c(N(C)CCN(C)C)sc(C(C)=O)c1N. The summed E-state index contributed by atoms with van der Waals surface area (Å²) in [4.78, 5) is 28.2. The maximum absolute atomic E-state index is 12.1. The first kappa shape index (κ1) is 17.5. The van der Waals surface area contributed by atoms with E-state index in [1.807, 2.05) is 30.9 Å². The molecule has 1 aromatic rings. The minimum atomic E-state index is -0.481. The number of ether oxygens (including phenoxy) is 1. The number of ketones is 1. The lowest BCUT2D eigenvalue weighted by Gasteiger charge is -2.21. The zero-order valence-electron chi connectivity index (χ0n) is 13.2. The first-order valence-electron chi connectivity index (χ1n) is 6.75. The molecule has 1 heterocycles. The van der Waals surface area contributed by atoms with Crippen molar-refractivity contribution in [3.63, 3.8) is 0 Å². The van der Waals surface area contributed by atoms with E-state index >= 15 is 0 Å². The summed E-state index contributed by atoms with van der Waals surface area (Å²) in [5.74, 6) is -0.624. The molecule has 1 aromatic heterocycles. The molecule has 6 nitrogen and oxygen atoms in total. The maximum Gasteiger partial charge on any atom is 0.343 e. The van der Waals surface area contributed by atoms with Gasteiger partial charge in [0.1, 0.15) is 10.6 Å². The Morgan fingerprint density at radius 3 is 2.33 bits per heavy atom. The fourth-order valence-corrected chi connectivity index (χ4v) is 2.91. The van der Waals surface area contributed by atoms with Crippen molar-refractivity contribution in [3.05, 3.63) is 10.4 Å². The Hall–Kier alpha value is -1.60. The van der Waals surface area contributed by atoms with Crippen LogP contribution in [-0.4, -0.2) is 57.5 Å². The standard InChI is InChI=1S/C14H23N3O3S/c1-6-20-14(19)10-11(15)12(9(2)18)21-13(10)17(5)8-7-16(3)4/h6-8,15H2,1-5H3. The van der Waals surface area contributed by atoms with Crippen LogP contribution < -0.4 is 10.6 Å². The molecule has 0 radical (unpaired) electrons. The van der Waals surface area contributed by atoms with Gasteiger partial charge in [-0.1, -0.05) is 0 Å². The van der Waals surface area contributed by atoms with Crippen molar-refractivity contribution in [2.45, 2.75) is 13.8 Å². The van der Waals surface area contributed by atoms with Gasteiger partial charge >= 0.3 is 5.97 Å². The molecule has 0 spiro atoms. The monoisotopic (exact) mass is 313 g/mol. The molecule has 0 fully saturated rings. The van der Waals surface area contributed by atoms with Crippen molar-refractivity contribution in [2.75, 3.05) is 51.5 Å². The van der Waals surface area contributed by atoms with Crippen LogP contribution in [0.3, 0.4) is 0 Å². The second-order valence-corrected chi connectivity index (χ2v) is 6.03. The highest BCUT2D eigenvalue weighted by Gasteiger charge is 2.26. The molecular formula is C14H23N3O3S. The molecule has 21 heavy (non-hydrogen) atoms. The summed E-state index contributed by atoms with van der Waals surface area (Å²) in [6.07, 6.45) is 0. The van der Waals surface area contributed by atoms with E-state index in [2.05, 4.69) is 0 Å². The molecular weight excluding hydrogens is 290 g/mol. The van der Waals surface area contributed by atoms with Crippen LogP contribution >= 0.6 is 11.3 Å². The summed E-state index contributed by atoms with van der Waals surface area (Å²) in [6, 6.07) is 0. The lowest BCUT2D eigenvalue weighted by Crippen LogP contribution is -2.29. The smallest absolute Gasteiger partial charge is 0.343 e. The zero-order valence-corrected chi connectivity index (χ0v) is 14.0. The van der Waals surface area contributed by atoms with Gasteiger partial charge in [-0.25, -0.2) is 4.79 Å². The van der Waals surface area contributed by atoms with Crippen molar-refractivity contribution in [2.24, 2.45) is 0 Å². The third kappa shape index (κ3) is 4.18. The molecule has 0 aliphatic carbocycles. The van der Waals surface area contributed by atoms with E-state index in [1.165, 1.54) is 18.3 Å². The summed E-state index contributed by atoms with van der Waals surface area (Å²) in [5.41, 5.74) is 6.50. The highest BCUT2D eigenvalue weighted by atomic mass is 32.1. The number of nitrogens with zero attached hydrogens (tertiary/aromatic N) is 2. The Kier molecular flexibility index (Phi) is 6.17. The van der Waals surface area contributed by atoms with Gasteiger partial charge < -0.3 is 20.3 Å². The molecule has 0 atom stereocenters. The number of Topliss-reactive ketones (excluding diaryl/α,β-unsaturated/α-hetero) is 1. The average Bonchev–Trinajstić information content (AvgIpc) is 2.74. The second-order valence-electron chi connectivity index (χ2n) is 5.03. The summed E-state index contributed by atoms with van der Waals surface area (Å²) >= 11 is 1.24. The first-order chi connectivity index (χ1) is 9.79. The van der Waals surface area contributed by atoms with Crippen LogP contribution in [0.15, 0.2) is 0 Å². The number of rotatable bonds is 7. The van der Waals surface area contributed by atoms with Gasteiger partial charge in [-0.2, -0.15) is 0 Å². The Morgan fingerprint density at radius 2 is 1.86 bits per heavy atom. The number of nitrogen functional groups attached to an aromatic ring is 1. The van der Waals surface area contributed by atoms with Crippen LogP contribution in [0.25, 0.3) is 0 Å². The predicted octanol–water partition coefficient (Wildman–Crippen LogP) is 1.71. The highest BCUT2D eigenvalue weighted by Crippen LogP contribution is 2.38. The van der Waals surface area contributed by atoms with Gasteiger partial charge in [0.05, 0.1) is 17.2 Å². The van der Waals surface area contributed by atoms with Gasteiger partial charge in [0.2, 0.25) is 0 Å². The fourth-order valence-electron chi connectivity index (χ4n) is 1.81. The van der Waals surface area contributed by atoms with Crippen LogP contribution in [0.4, 0.5) is 10.7 Å².